The van der Waals surface area contributed by atoms with Crippen molar-refractivity contribution in [2.45, 2.75) is 40.5 Å². The van der Waals surface area contributed by atoms with E-state index in [2.05, 4.69) is 60.3 Å². The molecule has 0 aliphatic rings. The van der Waals surface area contributed by atoms with Gasteiger partial charge in [-0.25, -0.2) is 0 Å². The highest BCUT2D eigenvalue weighted by Crippen LogP contribution is 2.29. The van der Waals surface area contributed by atoms with Crippen LogP contribution in [0.5, 0.6) is 0 Å². The maximum absolute atomic E-state index is 4.92. The number of para-hydroxylation sites is 2. The van der Waals surface area contributed by atoms with Gasteiger partial charge in [-0.15, -0.1) is 0 Å². The molecule has 4 aromatic rings. The summed E-state index contributed by atoms with van der Waals surface area (Å²) in [5.41, 5.74) is 5.78. The van der Waals surface area contributed by atoms with E-state index in [-0.39, 0.29) is 0 Å². The molecule has 0 saturated heterocycles. The maximum Gasteiger partial charge on any atom is 0.231 e. The molecule has 7 heteroatoms. The Morgan fingerprint density at radius 2 is 1.38 bits per heavy atom. The van der Waals surface area contributed by atoms with Gasteiger partial charge in [0.25, 0.3) is 0 Å². The molecule has 7 nitrogen and oxygen atoms in total. The van der Waals surface area contributed by atoms with Crippen LogP contribution in [0.2, 0.25) is 0 Å². The van der Waals surface area contributed by atoms with E-state index in [1.807, 2.05) is 36.4 Å². The van der Waals surface area contributed by atoms with E-state index in [0.29, 0.717) is 17.5 Å². The van der Waals surface area contributed by atoms with Crippen LogP contribution >= 0.6 is 0 Å². The second kappa shape index (κ2) is 9.68. The standard InChI is InChI=1S/C25H31N7/c1-5-15-32(16-6-2)23-21-22(29-24(28-21)26-19-13-9-7-11-17(19)3)30-25(31-23)27-20-14-10-8-12-18(20)4/h7-14H,5-6,15-16H2,1-4H3,(H3,26,27,28,29,30,31). The number of aromatic amines is 1. The third-order valence-corrected chi connectivity index (χ3v) is 5.41. The summed E-state index contributed by atoms with van der Waals surface area (Å²) in [4.78, 5) is 20.1. The molecule has 2 aromatic carbocycles. The molecule has 32 heavy (non-hydrogen) atoms. The highest BCUT2D eigenvalue weighted by Gasteiger charge is 2.18. The molecule has 2 heterocycles. The molecule has 4 rings (SSSR count). The third kappa shape index (κ3) is 4.66. The fourth-order valence-electron chi connectivity index (χ4n) is 3.76. The lowest BCUT2D eigenvalue weighted by Gasteiger charge is -2.23. The molecule has 0 unspecified atom stereocenters. The van der Waals surface area contributed by atoms with Crippen molar-refractivity contribution < 1.29 is 0 Å². The summed E-state index contributed by atoms with van der Waals surface area (Å²) in [6, 6.07) is 16.3. The minimum Gasteiger partial charge on any atom is -0.355 e. The average Bonchev–Trinajstić information content (AvgIpc) is 3.19. The Bertz CT molecular complexity index is 1190. The van der Waals surface area contributed by atoms with Gasteiger partial charge >= 0.3 is 0 Å². The van der Waals surface area contributed by atoms with E-state index in [1.165, 1.54) is 0 Å². The van der Waals surface area contributed by atoms with Crippen LogP contribution in [0.4, 0.5) is 29.1 Å². The number of H-pyrrole nitrogens is 1. The summed E-state index contributed by atoms with van der Waals surface area (Å²) in [5.74, 6) is 2.08. The van der Waals surface area contributed by atoms with Crippen LogP contribution in [0.15, 0.2) is 48.5 Å². The predicted molar refractivity (Wildman–Crippen MR) is 133 cm³/mol. The molecule has 166 valence electrons. The van der Waals surface area contributed by atoms with Gasteiger partial charge in [0.2, 0.25) is 11.9 Å². The maximum atomic E-state index is 4.92. The van der Waals surface area contributed by atoms with E-state index in [9.17, 15) is 0 Å². The molecule has 0 spiro atoms. The quantitative estimate of drug-likeness (QED) is 0.299. The van der Waals surface area contributed by atoms with Crippen LogP contribution in [0.25, 0.3) is 11.2 Å². The Balaban J connectivity index is 1.78. The van der Waals surface area contributed by atoms with E-state index >= 15 is 0 Å². The van der Waals surface area contributed by atoms with Gasteiger partial charge in [0.15, 0.2) is 11.5 Å². The topological polar surface area (TPSA) is 81.8 Å². The lowest BCUT2D eigenvalue weighted by atomic mass is 10.2. The number of hydrogen-bond acceptors (Lipinski definition) is 6. The number of rotatable bonds is 9. The number of aryl methyl sites for hydroxylation is 2. The molecular weight excluding hydrogens is 398 g/mol. The Hall–Kier alpha value is -3.61. The van der Waals surface area contributed by atoms with Crippen LogP contribution in [-0.2, 0) is 0 Å². The second-order valence-corrected chi connectivity index (χ2v) is 8.02. The summed E-state index contributed by atoms with van der Waals surface area (Å²) < 4.78 is 0. The third-order valence-electron chi connectivity index (χ3n) is 5.41. The Morgan fingerprint density at radius 1 is 0.781 bits per heavy atom. The lowest BCUT2D eigenvalue weighted by Crippen LogP contribution is -2.26. The predicted octanol–water partition coefficient (Wildman–Crippen LogP) is 6.08. The summed E-state index contributed by atoms with van der Waals surface area (Å²) >= 11 is 0. The molecule has 0 fully saturated rings. The first-order valence-electron chi connectivity index (χ1n) is 11.3. The largest absolute Gasteiger partial charge is 0.355 e. The van der Waals surface area contributed by atoms with Crippen LogP contribution in [0.1, 0.15) is 37.8 Å². The second-order valence-electron chi connectivity index (χ2n) is 8.02. The summed E-state index contributed by atoms with van der Waals surface area (Å²) in [7, 11) is 0. The van der Waals surface area contributed by atoms with Gasteiger partial charge in [0.05, 0.1) is 0 Å². The number of nitrogens with one attached hydrogen (secondary N) is 3. The normalized spacial score (nSPS) is 11.0. The first kappa shape index (κ1) is 21.6. The Morgan fingerprint density at radius 3 is 1.97 bits per heavy atom. The number of nitrogens with zero attached hydrogens (tertiary/aromatic N) is 4. The van der Waals surface area contributed by atoms with Crippen molar-refractivity contribution >= 4 is 40.3 Å². The molecule has 0 atom stereocenters. The number of benzene rings is 2. The van der Waals surface area contributed by atoms with E-state index in [1.54, 1.807) is 0 Å². The minimum atomic E-state index is 0.549. The summed E-state index contributed by atoms with van der Waals surface area (Å²) in [6.07, 6.45) is 2.07. The van der Waals surface area contributed by atoms with Crippen molar-refractivity contribution in [1.82, 2.24) is 19.9 Å². The molecule has 0 aliphatic carbocycles. The highest BCUT2D eigenvalue weighted by atomic mass is 15.3. The van der Waals surface area contributed by atoms with Crippen molar-refractivity contribution in [3.8, 4) is 0 Å². The van der Waals surface area contributed by atoms with Crippen LogP contribution in [0, 0.1) is 13.8 Å². The van der Waals surface area contributed by atoms with Gasteiger partial charge in [0, 0.05) is 24.5 Å². The zero-order valence-corrected chi connectivity index (χ0v) is 19.2. The molecule has 3 N–H and O–H groups in total. The molecule has 0 aliphatic heterocycles. The van der Waals surface area contributed by atoms with Gasteiger partial charge in [-0.2, -0.15) is 15.0 Å². The van der Waals surface area contributed by atoms with Gasteiger partial charge in [-0.1, -0.05) is 50.2 Å². The monoisotopic (exact) mass is 429 g/mol. The van der Waals surface area contributed by atoms with Gasteiger partial charge in [-0.05, 0) is 49.9 Å². The molecule has 0 saturated carbocycles. The van der Waals surface area contributed by atoms with Crippen molar-refractivity contribution in [2.24, 2.45) is 0 Å². The van der Waals surface area contributed by atoms with Gasteiger partial charge < -0.3 is 20.5 Å². The number of fused-ring (bicyclic) bond motifs is 1. The van der Waals surface area contributed by atoms with Crippen molar-refractivity contribution in [3.05, 3.63) is 59.7 Å². The Kier molecular flexibility index (Phi) is 6.54. The zero-order valence-electron chi connectivity index (χ0n) is 19.2. The zero-order chi connectivity index (χ0) is 22.5. The number of hydrogen-bond donors (Lipinski definition) is 3. The van der Waals surface area contributed by atoms with Crippen molar-refractivity contribution in [2.75, 3.05) is 28.6 Å². The van der Waals surface area contributed by atoms with Crippen LogP contribution in [-0.4, -0.2) is 33.0 Å². The van der Waals surface area contributed by atoms with Crippen LogP contribution < -0.4 is 15.5 Å². The molecule has 0 radical (unpaired) electrons. The first-order chi connectivity index (χ1) is 15.6. The first-order valence-corrected chi connectivity index (χ1v) is 11.3. The van der Waals surface area contributed by atoms with Crippen molar-refractivity contribution in [1.29, 1.82) is 0 Å². The fraction of sp³-hybridized carbons (Fsp3) is 0.320. The van der Waals surface area contributed by atoms with E-state index in [4.69, 9.17) is 15.0 Å². The van der Waals surface area contributed by atoms with Gasteiger partial charge in [0.1, 0.15) is 5.52 Å². The Labute approximate surface area is 189 Å². The molecule has 0 amide bonds. The number of aromatic nitrogens is 4. The van der Waals surface area contributed by atoms with Crippen molar-refractivity contribution in [3.63, 3.8) is 0 Å². The van der Waals surface area contributed by atoms with Gasteiger partial charge in [-0.3, -0.25) is 0 Å². The summed E-state index contributed by atoms with van der Waals surface area (Å²) in [6.45, 7) is 10.4. The smallest absolute Gasteiger partial charge is 0.231 e. The fourth-order valence-corrected chi connectivity index (χ4v) is 3.76. The number of anilines is 5. The highest BCUT2D eigenvalue weighted by molar-refractivity contribution is 5.87. The van der Waals surface area contributed by atoms with E-state index in [0.717, 1.165) is 59.8 Å². The average molecular weight is 430 g/mol. The summed E-state index contributed by atoms with van der Waals surface area (Å²) in [5, 5.41) is 6.79. The SMILES string of the molecule is CCCN(CCC)c1nc(Nc2ccccc2C)nc2nc(Nc3ccccc3C)[nH]c12. The minimum absolute atomic E-state index is 0.549. The number of imidazole rings is 1. The lowest BCUT2D eigenvalue weighted by molar-refractivity contribution is 0.736. The van der Waals surface area contributed by atoms with Crippen LogP contribution in [0.3, 0.4) is 0 Å². The van der Waals surface area contributed by atoms with E-state index < -0.39 is 0 Å². The molecular formula is C25H31N7. The molecule has 2 aromatic heterocycles. The molecule has 0 bridgehead atoms.